The Kier molecular flexibility index (Phi) is 3.37. The normalized spacial score (nSPS) is 10.6. The summed E-state index contributed by atoms with van der Waals surface area (Å²) in [5.74, 6) is -0.206. The number of nitrogens with zero attached hydrogens (tertiary/aromatic N) is 1. The van der Waals surface area contributed by atoms with Gasteiger partial charge in [0.05, 0.1) is 6.61 Å². The highest BCUT2D eigenvalue weighted by molar-refractivity contribution is 5.62. The van der Waals surface area contributed by atoms with Gasteiger partial charge in [-0.15, -0.1) is 0 Å². The molecule has 1 aromatic carbocycles. The zero-order valence-electron chi connectivity index (χ0n) is 9.19. The fourth-order valence-electron chi connectivity index (χ4n) is 1.59. The molecule has 0 bridgehead atoms. The van der Waals surface area contributed by atoms with Crippen LogP contribution in [0.2, 0.25) is 0 Å². The molecule has 0 aliphatic carbocycles. The van der Waals surface area contributed by atoms with E-state index in [1.54, 1.807) is 19.2 Å². The molecule has 0 N–H and O–H groups in total. The molecule has 84 valence electrons. The Bertz CT molecular complexity index is 447. The number of benzene rings is 1. The average molecular weight is 219 g/mol. The van der Waals surface area contributed by atoms with E-state index in [-0.39, 0.29) is 5.82 Å². The second kappa shape index (κ2) is 4.94. The van der Waals surface area contributed by atoms with E-state index < -0.39 is 0 Å². The summed E-state index contributed by atoms with van der Waals surface area (Å²) in [5.41, 5.74) is 2.12. The Morgan fingerprint density at radius 2 is 1.88 bits per heavy atom. The van der Waals surface area contributed by atoms with Crippen LogP contribution in [0.3, 0.4) is 0 Å². The molecule has 0 radical (unpaired) electrons. The fourth-order valence-corrected chi connectivity index (χ4v) is 1.59. The summed E-state index contributed by atoms with van der Waals surface area (Å²) in [6.45, 7) is 1.52. The predicted octanol–water partition coefficient (Wildman–Crippen LogP) is 2.94. The number of rotatable bonds is 4. The molecule has 0 aliphatic heterocycles. The predicted molar refractivity (Wildman–Crippen MR) is 61.7 cm³/mol. The lowest BCUT2D eigenvalue weighted by Gasteiger charge is -2.00. The van der Waals surface area contributed by atoms with Gasteiger partial charge >= 0.3 is 0 Å². The number of aromatic nitrogens is 1. The Hall–Kier alpha value is -1.61. The maximum Gasteiger partial charge on any atom is 0.123 e. The van der Waals surface area contributed by atoms with Crippen molar-refractivity contribution < 1.29 is 9.13 Å². The van der Waals surface area contributed by atoms with E-state index in [4.69, 9.17) is 4.74 Å². The lowest BCUT2D eigenvalue weighted by atomic mass is 10.1. The number of hydrogen-bond donors (Lipinski definition) is 0. The van der Waals surface area contributed by atoms with Crippen molar-refractivity contribution in [3.63, 3.8) is 0 Å². The molecule has 2 rings (SSSR count). The Morgan fingerprint density at radius 3 is 2.56 bits per heavy atom. The maximum absolute atomic E-state index is 12.8. The van der Waals surface area contributed by atoms with Gasteiger partial charge in [-0.3, -0.25) is 0 Å². The van der Waals surface area contributed by atoms with E-state index in [1.807, 2.05) is 18.5 Å². The molecule has 0 amide bonds. The highest BCUT2D eigenvalue weighted by atomic mass is 19.1. The molecule has 0 saturated carbocycles. The number of hydrogen-bond acceptors (Lipinski definition) is 1. The summed E-state index contributed by atoms with van der Waals surface area (Å²) in [4.78, 5) is 0. The third kappa shape index (κ3) is 2.49. The van der Waals surface area contributed by atoms with Crippen molar-refractivity contribution in [3.05, 3.63) is 48.5 Å². The van der Waals surface area contributed by atoms with Gasteiger partial charge in [0.25, 0.3) is 0 Å². The van der Waals surface area contributed by atoms with Crippen molar-refractivity contribution in [2.75, 3.05) is 13.7 Å². The molecule has 0 aliphatic rings. The minimum absolute atomic E-state index is 0.206. The SMILES string of the molecule is COCCn1ccc(-c2ccc(F)cc2)c1. The Balaban J connectivity index is 2.15. The highest BCUT2D eigenvalue weighted by Crippen LogP contribution is 2.19. The van der Waals surface area contributed by atoms with Crippen LogP contribution in [0.25, 0.3) is 11.1 Å². The van der Waals surface area contributed by atoms with Crippen LogP contribution in [0.15, 0.2) is 42.7 Å². The quantitative estimate of drug-likeness (QED) is 0.771. The van der Waals surface area contributed by atoms with Crippen LogP contribution in [0.5, 0.6) is 0 Å². The van der Waals surface area contributed by atoms with Crippen LogP contribution >= 0.6 is 0 Å². The van der Waals surface area contributed by atoms with E-state index in [1.165, 1.54) is 12.1 Å². The average Bonchev–Trinajstić information content (AvgIpc) is 2.76. The molecule has 1 heterocycles. The molecule has 16 heavy (non-hydrogen) atoms. The van der Waals surface area contributed by atoms with Gasteiger partial charge in [0.15, 0.2) is 0 Å². The first-order chi connectivity index (χ1) is 7.79. The Morgan fingerprint density at radius 1 is 1.12 bits per heavy atom. The molecule has 3 heteroatoms. The zero-order chi connectivity index (χ0) is 11.4. The van der Waals surface area contributed by atoms with Crippen LogP contribution in [0.1, 0.15) is 0 Å². The number of methoxy groups -OCH3 is 1. The smallest absolute Gasteiger partial charge is 0.123 e. The van der Waals surface area contributed by atoms with Gasteiger partial charge < -0.3 is 9.30 Å². The summed E-state index contributed by atoms with van der Waals surface area (Å²) < 4.78 is 19.8. The second-order valence-corrected chi connectivity index (χ2v) is 3.64. The monoisotopic (exact) mass is 219 g/mol. The van der Waals surface area contributed by atoms with E-state index in [0.29, 0.717) is 6.61 Å². The van der Waals surface area contributed by atoms with E-state index >= 15 is 0 Å². The molecule has 1 aromatic heterocycles. The molecule has 0 fully saturated rings. The summed E-state index contributed by atoms with van der Waals surface area (Å²) in [5, 5.41) is 0. The van der Waals surface area contributed by atoms with Crippen molar-refractivity contribution in [2.24, 2.45) is 0 Å². The van der Waals surface area contributed by atoms with E-state index in [0.717, 1.165) is 17.7 Å². The van der Waals surface area contributed by atoms with Crippen LogP contribution in [0, 0.1) is 5.82 Å². The summed E-state index contributed by atoms with van der Waals surface area (Å²) in [6.07, 6.45) is 4.03. The highest BCUT2D eigenvalue weighted by Gasteiger charge is 2.00. The van der Waals surface area contributed by atoms with Crippen LogP contribution in [-0.2, 0) is 11.3 Å². The molecular formula is C13H14FNO. The van der Waals surface area contributed by atoms with Crippen molar-refractivity contribution in [1.29, 1.82) is 0 Å². The third-order valence-corrected chi connectivity index (χ3v) is 2.48. The van der Waals surface area contributed by atoms with E-state index in [9.17, 15) is 4.39 Å². The van der Waals surface area contributed by atoms with Crippen molar-refractivity contribution >= 4 is 0 Å². The summed E-state index contributed by atoms with van der Waals surface area (Å²) >= 11 is 0. The van der Waals surface area contributed by atoms with Crippen LogP contribution in [0.4, 0.5) is 4.39 Å². The van der Waals surface area contributed by atoms with Crippen molar-refractivity contribution in [2.45, 2.75) is 6.54 Å². The van der Waals surface area contributed by atoms with E-state index in [2.05, 4.69) is 4.57 Å². The lowest BCUT2D eigenvalue weighted by Crippen LogP contribution is -2.00. The van der Waals surface area contributed by atoms with Crippen molar-refractivity contribution in [3.8, 4) is 11.1 Å². The van der Waals surface area contributed by atoms with Gasteiger partial charge in [0, 0.05) is 26.0 Å². The second-order valence-electron chi connectivity index (χ2n) is 3.64. The standard InChI is InChI=1S/C13H14FNO/c1-16-9-8-15-7-6-12(10-15)11-2-4-13(14)5-3-11/h2-7,10H,8-9H2,1H3. The topological polar surface area (TPSA) is 14.2 Å². The molecule has 2 aromatic rings. The summed E-state index contributed by atoms with van der Waals surface area (Å²) in [7, 11) is 1.68. The molecule has 2 nitrogen and oxygen atoms in total. The zero-order valence-corrected chi connectivity index (χ0v) is 9.19. The van der Waals surface area contributed by atoms with Gasteiger partial charge in [0.1, 0.15) is 5.82 Å². The first-order valence-electron chi connectivity index (χ1n) is 5.20. The molecule has 0 saturated heterocycles. The van der Waals surface area contributed by atoms with Gasteiger partial charge in [0.2, 0.25) is 0 Å². The number of halogens is 1. The minimum atomic E-state index is -0.206. The van der Waals surface area contributed by atoms with Gasteiger partial charge in [-0.05, 0) is 29.3 Å². The maximum atomic E-state index is 12.8. The minimum Gasteiger partial charge on any atom is -0.383 e. The van der Waals surface area contributed by atoms with Gasteiger partial charge in [-0.1, -0.05) is 12.1 Å². The largest absolute Gasteiger partial charge is 0.383 e. The fraction of sp³-hybridized carbons (Fsp3) is 0.231. The number of ether oxygens (including phenoxy) is 1. The third-order valence-electron chi connectivity index (χ3n) is 2.48. The Labute approximate surface area is 94.3 Å². The first kappa shape index (κ1) is 10.9. The summed E-state index contributed by atoms with van der Waals surface area (Å²) in [6, 6.07) is 8.53. The molecular weight excluding hydrogens is 205 g/mol. The van der Waals surface area contributed by atoms with Crippen LogP contribution < -0.4 is 0 Å². The van der Waals surface area contributed by atoms with Crippen molar-refractivity contribution in [1.82, 2.24) is 4.57 Å². The lowest BCUT2D eigenvalue weighted by molar-refractivity contribution is 0.187. The molecule has 0 spiro atoms. The first-order valence-corrected chi connectivity index (χ1v) is 5.20. The molecule has 0 unspecified atom stereocenters. The molecule has 0 atom stereocenters. The van der Waals surface area contributed by atoms with Gasteiger partial charge in [-0.25, -0.2) is 4.39 Å². The van der Waals surface area contributed by atoms with Crippen LogP contribution in [-0.4, -0.2) is 18.3 Å². The van der Waals surface area contributed by atoms with Gasteiger partial charge in [-0.2, -0.15) is 0 Å².